The number of hydrogen-bond acceptors (Lipinski definition) is 1. The lowest BCUT2D eigenvalue weighted by Crippen LogP contribution is -2.04. The van der Waals surface area contributed by atoms with E-state index in [0.29, 0.717) is 5.69 Å². The molecule has 0 amide bonds. The van der Waals surface area contributed by atoms with Gasteiger partial charge in [-0.1, -0.05) is 15.9 Å². The number of benzene rings is 1. The molecule has 1 saturated carbocycles. The van der Waals surface area contributed by atoms with E-state index in [0.717, 1.165) is 16.9 Å². The molecule has 13 heavy (non-hydrogen) atoms. The zero-order chi connectivity index (χ0) is 9.26. The highest BCUT2D eigenvalue weighted by Crippen LogP contribution is 2.29. The molecule has 0 spiro atoms. The fraction of sp³-hybridized carbons (Fsp3) is 0.400. The Hall–Kier alpha value is -0.570. The van der Waals surface area contributed by atoms with E-state index in [4.69, 9.17) is 0 Å². The third-order valence-electron chi connectivity index (χ3n) is 2.21. The molecule has 1 N–H and O–H groups in total. The SMILES string of the molecule is Fc1ccc(Br)cc1NCC1CC1. The van der Waals surface area contributed by atoms with Crippen LogP contribution in [0.4, 0.5) is 10.1 Å². The van der Waals surface area contributed by atoms with Gasteiger partial charge in [-0.15, -0.1) is 0 Å². The van der Waals surface area contributed by atoms with Crippen molar-refractivity contribution in [2.24, 2.45) is 5.92 Å². The quantitative estimate of drug-likeness (QED) is 0.859. The van der Waals surface area contributed by atoms with Gasteiger partial charge in [-0.3, -0.25) is 0 Å². The van der Waals surface area contributed by atoms with Gasteiger partial charge in [0.05, 0.1) is 5.69 Å². The van der Waals surface area contributed by atoms with Crippen LogP contribution in [0.3, 0.4) is 0 Å². The maximum absolute atomic E-state index is 13.2. The summed E-state index contributed by atoms with van der Waals surface area (Å²) in [4.78, 5) is 0. The third kappa shape index (κ3) is 2.44. The Morgan fingerprint density at radius 3 is 2.92 bits per heavy atom. The minimum atomic E-state index is -0.177. The van der Waals surface area contributed by atoms with Crippen molar-refractivity contribution in [2.75, 3.05) is 11.9 Å². The van der Waals surface area contributed by atoms with Crippen LogP contribution < -0.4 is 5.32 Å². The molecule has 3 heteroatoms. The van der Waals surface area contributed by atoms with Crippen molar-refractivity contribution in [3.63, 3.8) is 0 Å². The molecule has 1 aliphatic carbocycles. The van der Waals surface area contributed by atoms with E-state index < -0.39 is 0 Å². The average molecular weight is 244 g/mol. The van der Waals surface area contributed by atoms with Gasteiger partial charge in [0.25, 0.3) is 0 Å². The van der Waals surface area contributed by atoms with Crippen molar-refractivity contribution >= 4 is 21.6 Å². The molecule has 1 fully saturated rings. The smallest absolute Gasteiger partial charge is 0.146 e. The number of rotatable bonds is 3. The second-order valence-corrected chi connectivity index (χ2v) is 4.36. The molecule has 0 atom stereocenters. The summed E-state index contributed by atoms with van der Waals surface area (Å²) in [5, 5.41) is 3.11. The summed E-state index contributed by atoms with van der Waals surface area (Å²) in [5.74, 6) is 0.585. The standard InChI is InChI=1S/C10H11BrFN/c11-8-3-4-9(12)10(5-8)13-6-7-1-2-7/h3-5,7,13H,1-2,6H2. The van der Waals surface area contributed by atoms with Crippen LogP contribution in [0.1, 0.15) is 12.8 Å². The van der Waals surface area contributed by atoms with Crippen molar-refractivity contribution in [3.05, 3.63) is 28.5 Å². The molecule has 0 unspecified atom stereocenters. The molecule has 1 nitrogen and oxygen atoms in total. The van der Waals surface area contributed by atoms with Crippen LogP contribution >= 0.6 is 15.9 Å². The summed E-state index contributed by atoms with van der Waals surface area (Å²) in [5.41, 5.74) is 0.598. The molecule has 2 rings (SSSR count). The maximum atomic E-state index is 13.2. The molecule has 1 aromatic rings. The van der Waals surface area contributed by atoms with Crippen LogP contribution in [0.5, 0.6) is 0 Å². The van der Waals surface area contributed by atoms with E-state index in [9.17, 15) is 4.39 Å². The molecular formula is C10H11BrFN. The molecule has 0 aromatic heterocycles. The van der Waals surface area contributed by atoms with Gasteiger partial charge >= 0.3 is 0 Å². The number of anilines is 1. The van der Waals surface area contributed by atoms with E-state index in [2.05, 4.69) is 21.2 Å². The van der Waals surface area contributed by atoms with Crippen LogP contribution in [-0.2, 0) is 0 Å². The number of nitrogens with one attached hydrogen (secondary N) is 1. The fourth-order valence-corrected chi connectivity index (χ4v) is 1.57. The van der Waals surface area contributed by atoms with Gasteiger partial charge in [0, 0.05) is 11.0 Å². The van der Waals surface area contributed by atoms with Crippen molar-refractivity contribution in [1.82, 2.24) is 0 Å². The summed E-state index contributed by atoms with van der Waals surface area (Å²) in [6, 6.07) is 4.95. The Morgan fingerprint density at radius 1 is 1.46 bits per heavy atom. The van der Waals surface area contributed by atoms with E-state index in [1.54, 1.807) is 12.1 Å². The second-order valence-electron chi connectivity index (χ2n) is 3.45. The molecule has 1 aliphatic rings. The molecule has 0 aliphatic heterocycles. The molecule has 0 heterocycles. The van der Waals surface area contributed by atoms with Gasteiger partial charge in [0.2, 0.25) is 0 Å². The van der Waals surface area contributed by atoms with Crippen molar-refractivity contribution < 1.29 is 4.39 Å². The minimum Gasteiger partial charge on any atom is -0.382 e. The minimum absolute atomic E-state index is 0.177. The van der Waals surface area contributed by atoms with E-state index in [1.165, 1.54) is 18.9 Å². The highest BCUT2D eigenvalue weighted by atomic mass is 79.9. The number of hydrogen-bond donors (Lipinski definition) is 1. The summed E-state index contributed by atoms with van der Waals surface area (Å²) >= 11 is 3.31. The molecule has 0 bridgehead atoms. The van der Waals surface area contributed by atoms with Crippen LogP contribution in [0.2, 0.25) is 0 Å². The van der Waals surface area contributed by atoms with Crippen LogP contribution in [0, 0.1) is 11.7 Å². The Kier molecular flexibility index (Phi) is 2.54. The van der Waals surface area contributed by atoms with Crippen molar-refractivity contribution in [1.29, 1.82) is 0 Å². The first-order valence-electron chi connectivity index (χ1n) is 4.44. The summed E-state index contributed by atoms with van der Waals surface area (Å²) < 4.78 is 14.1. The van der Waals surface area contributed by atoms with Gasteiger partial charge in [0.1, 0.15) is 5.82 Å². The lowest BCUT2D eigenvalue weighted by atomic mass is 10.3. The summed E-state index contributed by atoms with van der Waals surface area (Å²) in [7, 11) is 0. The van der Waals surface area contributed by atoms with E-state index in [-0.39, 0.29) is 5.82 Å². The normalized spacial score (nSPS) is 15.8. The van der Waals surface area contributed by atoms with Gasteiger partial charge < -0.3 is 5.32 Å². The predicted molar refractivity (Wildman–Crippen MR) is 55.3 cm³/mol. The lowest BCUT2D eigenvalue weighted by molar-refractivity contribution is 0.629. The average Bonchev–Trinajstić information content (AvgIpc) is 2.90. The zero-order valence-electron chi connectivity index (χ0n) is 7.19. The largest absolute Gasteiger partial charge is 0.382 e. The maximum Gasteiger partial charge on any atom is 0.146 e. The topological polar surface area (TPSA) is 12.0 Å². The van der Waals surface area contributed by atoms with E-state index >= 15 is 0 Å². The van der Waals surface area contributed by atoms with Crippen molar-refractivity contribution in [3.8, 4) is 0 Å². The van der Waals surface area contributed by atoms with Crippen molar-refractivity contribution in [2.45, 2.75) is 12.8 Å². The third-order valence-corrected chi connectivity index (χ3v) is 2.70. The van der Waals surface area contributed by atoms with E-state index in [1.807, 2.05) is 0 Å². The van der Waals surface area contributed by atoms with Crippen LogP contribution in [0.25, 0.3) is 0 Å². The van der Waals surface area contributed by atoms with Crippen LogP contribution in [0.15, 0.2) is 22.7 Å². The summed E-state index contributed by atoms with van der Waals surface area (Å²) in [6.45, 7) is 0.896. The first-order valence-corrected chi connectivity index (χ1v) is 5.24. The first kappa shape index (κ1) is 9.00. The zero-order valence-corrected chi connectivity index (χ0v) is 8.77. The molecule has 0 radical (unpaired) electrons. The summed E-state index contributed by atoms with van der Waals surface area (Å²) in [6.07, 6.45) is 2.56. The molecule has 0 saturated heterocycles. The van der Waals surface area contributed by atoms with Crippen LogP contribution in [-0.4, -0.2) is 6.54 Å². The number of halogens is 2. The Balaban J connectivity index is 2.03. The van der Waals surface area contributed by atoms with Gasteiger partial charge in [-0.25, -0.2) is 4.39 Å². The highest BCUT2D eigenvalue weighted by molar-refractivity contribution is 9.10. The van der Waals surface area contributed by atoms with Gasteiger partial charge in [-0.2, -0.15) is 0 Å². The Bertz CT molecular complexity index is 310. The first-order chi connectivity index (χ1) is 6.25. The Labute approximate surface area is 85.5 Å². The molecular weight excluding hydrogens is 233 g/mol. The van der Waals surface area contributed by atoms with Gasteiger partial charge in [-0.05, 0) is 37.0 Å². The lowest BCUT2D eigenvalue weighted by Gasteiger charge is -2.06. The molecule has 1 aromatic carbocycles. The highest BCUT2D eigenvalue weighted by Gasteiger charge is 2.20. The van der Waals surface area contributed by atoms with Gasteiger partial charge in [0.15, 0.2) is 0 Å². The monoisotopic (exact) mass is 243 g/mol. The molecule has 70 valence electrons. The Morgan fingerprint density at radius 2 is 2.23 bits per heavy atom. The predicted octanol–water partition coefficient (Wildman–Crippen LogP) is 3.41. The fourth-order valence-electron chi connectivity index (χ4n) is 1.21. The second kappa shape index (κ2) is 3.66.